The number of hydrogen-bond acceptors (Lipinski definition) is 4. The van der Waals surface area contributed by atoms with Gasteiger partial charge in [-0.2, -0.15) is 0 Å². The van der Waals surface area contributed by atoms with Crippen molar-refractivity contribution in [1.29, 1.82) is 0 Å². The number of nitrogens with one attached hydrogen (secondary N) is 2. The second-order valence-electron chi connectivity index (χ2n) is 4.58. The number of rotatable bonds is 5. The van der Waals surface area contributed by atoms with Crippen molar-refractivity contribution in [2.45, 2.75) is 18.4 Å². The molecule has 0 radical (unpaired) electrons. The van der Waals surface area contributed by atoms with E-state index < -0.39 is 10.0 Å². The van der Waals surface area contributed by atoms with Gasteiger partial charge in [-0.05, 0) is 49.4 Å². The van der Waals surface area contributed by atoms with Crippen LogP contribution < -0.4 is 10.0 Å². The number of halogens is 1. The summed E-state index contributed by atoms with van der Waals surface area (Å²) in [5.74, 6) is 0. The summed E-state index contributed by atoms with van der Waals surface area (Å²) in [6, 6.07) is 6.93. The molecule has 1 aromatic heterocycles. The van der Waals surface area contributed by atoms with E-state index in [0.29, 0.717) is 17.8 Å². The molecule has 21 heavy (non-hydrogen) atoms. The number of aromatic nitrogens is 1. The molecule has 2 rings (SSSR count). The highest BCUT2D eigenvalue weighted by Gasteiger charge is 2.19. The van der Waals surface area contributed by atoms with E-state index in [9.17, 15) is 8.42 Å². The summed E-state index contributed by atoms with van der Waals surface area (Å²) >= 11 is 3.41. The Hall–Kier alpha value is -1.44. The fourth-order valence-corrected chi connectivity index (χ4v) is 3.93. The number of pyridine rings is 1. The van der Waals surface area contributed by atoms with Gasteiger partial charge in [0.1, 0.15) is 0 Å². The maximum Gasteiger partial charge on any atom is 0.262 e. The quantitative estimate of drug-likeness (QED) is 0.849. The summed E-state index contributed by atoms with van der Waals surface area (Å²) in [4.78, 5) is 4.16. The molecule has 0 saturated carbocycles. The van der Waals surface area contributed by atoms with Crippen LogP contribution in [0.3, 0.4) is 0 Å². The van der Waals surface area contributed by atoms with Gasteiger partial charge in [0.2, 0.25) is 0 Å². The topological polar surface area (TPSA) is 71.1 Å². The lowest BCUT2D eigenvalue weighted by atomic mass is 10.1. The van der Waals surface area contributed by atoms with Crippen molar-refractivity contribution in [3.05, 3.63) is 52.3 Å². The minimum absolute atomic E-state index is 0.256. The maximum atomic E-state index is 12.6. The minimum atomic E-state index is -3.66. The summed E-state index contributed by atoms with van der Waals surface area (Å²) in [7, 11) is -1.84. The minimum Gasteiger partial charge on any atom is -0.316 e. The number of sulfonamides is 1. The normalized spacial score (nSPS) is 11.4. The number of nitrogens with zero attached hydrogens (tertiary/aromatic N) is 1. The van der Waals surface area contributed by atoms with Gasteiger partial charge in [0, 0.05) is 17.2 Å². The summed E-state index contributed by atoms with van der Waals surface area (Å²) in [5, 5.41) is 3.01. The van der Waals surface area contributed by atoms with Crippen LogP contribution in [0.15, 0.2) is 46.0 Å². The number of hydrogen-bond donors (Lipinski definition) is 2. The smallest absolute Gasteiger partial charge is 0.262 e. The zero-order valence-corrected chi connectivity index (χ0v) is 14.1. The van der Waals surface area contributed by atoms with Crippen molar-refractivity contribution in [3.8, 4) is 0 Å². The van der Waals surface area contributed by atoms with Crippen LogP contribution in [0.4, 0.5) is 5.69 Å². The fourth-order valence-electron chi connectivity index (χ4n) is 1.93. The highest BCUT2D eigenvalue weighted by atomic mass is 79.9. The molecule has 0 bridgehead atoms. The Morgan fingerprint density at radius 1 is 1.33 bits per heavy atom. The molecule has 1 aromatic carbocycles. The van der Waals surface area contributed by atoms with Crippen LogP contribution >= 0.6 is 15.9 Å². The molecule has 0 unspecified atom stereocenters. The van der Waals surface area contributed by atoms with Gasteiger partial charge in [0.05, 0.1) is 16.8 Å². The SMILES string of the molecule is CNCc1cc(Br)c(C)c(S(=O)(=O)Nc2cccnc2)c1. The van der Waals surface area contributed by atoms with Crippen molar-refractivity contribution < 1.29 is 8.42 Å². The predicted molar refractivity (Wildman–Crippen MR) is 86.7 cm³/mol. The first-order chi connectivity index (χ1) is 9.94. The van der Waals surface area contributed by atoms with Crippen LogP contribution in [-0.4, -0.2) is 20.4 Å². The third-order valence-electron chi connectivity index (χ3n) is 2.94. The lowest BCUT2D eigenvalue weighted by molar-refractivity contribution is 0.600. The lowest BCUT2D eigenvalue weighted by Gasteiger charge is -2.13. The van der Waals surface area contributed by atoms with E-state index in [1.54, 1.807) is 31.3 Å². The van der Waals surface area contributed by atoms with Crippen LogP contribution in [0.5, 0.6) is 0 Å². The van der Waals surface area contributed by atoms with Crippen molar-refractivity contribution in [2.75, 3.05) is 11.8 Å². The largest absolute Gasteiger partial charge is 0.316 e. The van der Waals surface area contributed by atoms with Gasteiger partial charge in [0.15, 0.2) is 0 Å². The van der Waals surface area contributed by atoms with Crippen LogP contribution in [0.2, 0.25) is 0 Å². The molecule has 0 fully saturated rings. The molecule has 0 spiro atoms. The molecule has 5 nitrogen and oxygen atoms in total. The standard InChI is InChI=1S/C14H16BrN3O2S/c1-10-13(15)6-11(8-16-2)7-14(10)21(19,20)18-12-4-3-5-17-9-12/h3-7,9,16,18H,8H2,1-2H3. The molecule has 0 amide bonds. The molecular formula is C14H16BrN3O2S. The molecule has 2 aromatic rings. The monoisotopic (exact) mass is 369 g/mol. The second-order valence-corrected chi connectivity index (χ2v) is 7.08. The zero-order chi connectivity index (χ0) is 15.5. The van der Waals surface area contributed by atoms with E-state index in [2.05, 4.69) is 31.0 Å². The van der Waals surface area contributed by atoms with Gasteiger partial charge in [-0.25, -0.2) is 8.42 Å². The lowest BCUT2D eigenvalue weighted by Crippen LogP contribution is -2.16. The average Bonchev–Trinajstić information content (AvgIpc) is 2.43. The Morgan fingerprint density at radius 2 is 2.10 bits per heavy atom. The zero-order valence-electron chi connectivity index (χ0n) is 11.7. The van der Waals surface area contributed by atoms with Crippen LogP contribution in [0.1, 0.15) is 11.1 Å². The van der Waals surface area contributed by atoms with Gasteiger partial charge < -0.3 is 5.32 Å². The van der Waals surface area contributed by atoms with E-state index in [0.717, 1.165) is 10.0 Å². The molecule has 0 aliphatic carbocycles. The Balaban J connectivity index is 2.44. The van der Waals surface area contributed by atoms with E-state index in [4.69, 9.17) is 0 Å². The van der Waals surface area contributed by atoms with Gasteiger partial charge in [-0.1, -0.05) is 15.9 Å². The van der Waals surface area contributed by atoms with Crippen molar-refractivity contribution >= 4 is 31.6 Å². The van der Waals surface area contributed by atoms with Crippen molar-refractivity contribution in [3.63, 3.8) is 0 Å². The van der Waals surface area contributed by atoms with Gasteiger partial charge in [-0.3, -0.25) is 9.71 Å². The number of benzene rings is 1. The second kappa shape index (κ2) is 6.55. The van der Waals surface area contributed by atoms with E-state index >= 15 is 0 Å². The van der Waals surface area contributed by atoms with Gasteiger partial charge in [-0.15, -0.1) is 0 Å². The van der Waals surface area contributed by atoms with E-state index in [1.807, 2.05) is 13.1 Å². The van der Waals surface area contributed by atoms with Gasteiger partial charge >= 0.3 is 0 Å². The molecule has 0 aliphatic heterocycles. The average molecular weight is 370 g/mol. The third kappa shape index (κ3) is 3.81. The molecule has 0 atom stereocenters. The molecule has 0 saturated heterocycles. The van der Waals surface area contributed by atoms with Crippen molar-refractivity contribution in [2.24, 2.45) is 0 Å². The Labute approximate surface area is 133 Å². The highest BCUT2D eigenvalue weighted by molar-refractivity contribution is 9.10. The third-order valence-corrected chi connectivity index (χ3v) is 5.27. The fraction of sp³-hybridized carbons (Fsp3) is 0.214. The summed E-state index contributed by atoms with van der Waals surface area (Å²) in [6.45, 7) is 2.36. The first-order valence-electron chi connectivity index (χ1n) is 6.30. The van der Waals surface area contributed by atoms with Gasteiger partial charge in [0.25, 0.3) is 10.0 Å². The van der Waals surface area contributed by atoms with Crippen LogP contribution in [0.25, 0.3) is 0 Å². The summed E-state index contributed by atoms with van der Waals surface area (Å²) in [5.41, 5.74) is 2.00. The molecule has 0 aliphatic rings. The molecule has 2 N–H and O–H groups in total. The molecule has 7 heteroatoms. The molecular weight excluding hydrogens is 354 g/mol. The Bertz CT molecular complexity index is 733. The number of anilines is 1. The maximum absolute atomic E-state index is 12.6. The Kier molecular flexibility index (Phi) is 4.97. The van der Waals surface area contributed by atoms with E-state index in [-0.39, 0.29) is 4.90 Å². The highest BCUT2D eigenvalue weighted by Crippen LogP contribution is 2.27. The first-order valence-corrected chi connectivity index (χ1v) is 8.58. The Morgan fingerprint density at radius 3 is 2.71 bits per heavy atom. The summed E-state index contributed by atoms with van der Waals surface area (Å²) in [6.07, 6.45) is 3.06. The summed E-state index contributed by atoms with van der Waals surface area (Å²) < 4.78 is 28.4. The predicted octanol–water partition coefficient (Wildman–Crippen LogP) is 2.67. The van der Waals surface area contributed by atoms with E-state index in [1.165, 1.54) is 6.20 Å². The van der Waals surface area contributed by atoms with Crippen LogP contribution in [0, 0.1) is 6.92 Å². The van der Waals surface area contributed by atoms with Crippen LogP contribution in [-0.2, 0) is 16.6 Å². The first kappa shape index (κ1) is 15.9. The molecule has 1 heterocycles. The molecule has 112 valence electrons. The van der Waals surface area contributed by atoms with Crippen molar-refractivity contribution in [1.82, 2.24) is 10.3 Å².